The van der Waals surface area contributed by atoms with E-state index in [1.54, 1.807) is 0 Å². The van der Waals surface area contributed by atoms with Crippen LogP contribution in [0.3, 0.4) is 0 Å². The van der Waals surface area contributed by atoms with Gasteiger partial charge in [0.05, 0.1) is 5.41 Å². The fraction of sp³-hybridized carbons (Fsp3) is 0.0182. The molecule has 0 N–H and O–H groups in total. The van der Waals surface area contributed by atoms with Gasteiger partial charge in [0.15, 0.2) is 0 Å². The summed E-state index contributed by atoms with van der Waals surface area (Å²) in [5, 5.41) is 7.63. The van der Waals surface area contributed by atoms with Gasteiger partial charge in [-0.15, -0.1) is 0 Å². The van der Waals surface area contributed by atoms with Crippen LogP contribution in [0.2, 0.25) is 0 Å². The van der Waals surface area contributed by atoms with Gasteiger partial charge in [-0.3, -0.25) is 0 Å². The molecule has 0 bridgehead atoms. The summed E-state index contributed by atoms with van der Waals surface area (Å²) in [5.74, 6) is 0. The third-order valence-electron chi connectivity index (χ3n) is 12.4. The first kappa shape index (κ1) is 31.2. The first-order valence-electron chi connectivity index (χ1n) is 19.5. The molecule has 12 rings (SSSR count). The molecule has 0 radical (unpaired) electrons. The first-order valence-corrected chi connectivity index (χ1v) is 19.5. The second kappa shape index (κ2) is 11.9. The van der Waals surface area contributed by atoms with Gasteiger partial charge in [0, 0.05) is 17.1 Å². The maximum absolute atomic E-state index is 2.49. The smallest absolute Gasteiger partial charge is 0.0726 e. The third-order valence-corrected chi connectivity index (χ3v) is 12.4. The summed E-state index contributed by atoms with van der Waals surface area (Å²) in [5.41, 5.74) is 16.0. The van der Waals surface area contributed by atoms with Crippen LogP contribution in [0.5, 0.6) is 0 Å². The summed E-state index contributed by atoms with van der Waals surface area (Å²) in [6.07, 6.45) is 0. The Kier molecular flexibility index (Phi) is 6.62. The summed E-state index contributed by atoms with van der Waals surface area (Å²) < 4.78 is 0. The topological polar surface area (TPSA) is 3.24 Å². The van der Waals surface area contributed by atoms with Crippen LogP contribution >= 0.6 is 0 Å². The minimum absolute atomic E-state index is 0.425. The molecule has 1 nitrogen and oxygen atoms in total. The Morgan fingerprint density at radius 3 is 1.29 bits per heavy atom. The second-order valence-corrected chi connectivity index (χ2v) is 15.2. The van der Waals surface area contributed by atoms with Crippen LogP contribution in [0.15, 0.2) is 212 Å². The van der Waals surface area contributed by atoms with Crippen LogP contribution in [0.1, 0.15) is 22.3 Å². The highest BCUT2D eigenvalue weighted by atomic mass is 15.1. The van der Waals surface area contributed by atoms with E-state index in [-0.39, 0.29) is 0 Å². The lowest BCUT2D eigenvalue weighted by molar-refractivity contribution is 0.793. The molecule has 0 amide bonds. The number of hydrogen-bond donors (Lipinski definition) is 0. The summed E-state index contributed by atoms with van der Waals surface area (Å²) in [6, 6.07) is 78.8. The molecule has 56 heavy (non-hydrogen) atoms. The van der Waals surface area contributed by atoms with Gasteiger partial charge in [-0.2, -0.15) is 0 Å². The Morgan fingerprint density at radius 2 is 0.679 bits per heavy atom. The van der Waals surface area contributed by atoms with Crippen LogP contribution < -0.4 is 4.90 Å². The average molecular weight is 710 g/mol. The lowest BCUT2D eigenvalue weighted by Gasteiger charge is -2.32. The molecule has 0 heterocycles. The Hall–Kier alpha value is -7.22. The van der Waals surface area contributed by atoms with Crippen LogP contribution in [-0.2, 0) is 5.41 Å². The van der Waals surface area contributed by atoms with E-state index in [1.807, 2.05) is 0 Å². The SMILES string of the molecule is c1ccc(-c2cccc(N(c3ccc4c(c3)C3(c5ccccc5-c5ccccc53)c3ccccc3-4)c3ccc4c5ccccc5c5ccccc5c4c3)c2)cc1. The zero-order valence-corrected chi connectivity index (χ0v) is 30.7. The van der Waals surface area contributed by atoms with Crippen molar-refractivity contribution in [2.45, 2.75) is 5.41 Å². The fourth-order valence-electron chi connectivity index (χ4n) is 10.2. The molecule has 0 aromatic heterocycles. The van der Waals surface area contributed by atoms with E-state index >= 15 is 0 Å². The van der Waals surface area contributed by atoms with Gasteiger partial charge >= 0.3 is 0 Å². The monoisotopic (exact) mass is 709 g/mol. The quantitative estimate of drug-likeness (QED) is 0.164. The lowest BCUT2D eigenvalue weighted by atomic mass is 9.70. The summed E-state index contributed by atoms with van der Waals surface area (Å²) in [4.78, 5) is 2.47. The minimum atomic E-state index is -0.425. The van der Waals surface area contributed by atoms with E-state index in [9.17, 15) is 0 Å². The number of rotatable bonds is 4. The Balaban J connectivity index is 1.15. The van der Waals surface area contributed by atoms with Crippen LogP contribution in [0.25, 0.3) is 65.7 Å². The number of benzene rings is 10. The van der Waals surface area contributed by atoms with Crippen molar-refractivity contribution in [1.82, 2.24) is 0 Å². The molecule has 0 saturated heterocycles. The number of anilines is 3. The number of fused-ring (bicyclic) bond motifs is 16. The Morgan fingerprint density at radius 1 is 0.250 bits per heavy atom. The second-order valence-electron chi connectivity index (χ2n) is 15.2. The molecule has 0 fully saturated rings. The largest absolute Gasteiger partial charge is 0.310 e. The van der Waals surface area contributed by atoms with Gasteiger partial charge in [0.2, 0.25) is 0 Å². The lowest BCUT2D eigenvalue weighted by Crippen LogP contribution is -2.26. The van der Waals surface area contributed by atoms with Gasteiger partial charge in [0.25, 0.3) is 0 Å². The van der Waals surface area contributed by atoms with Crippen molar-refractivity contribution in [1.29, 1.82) is 0 Å². The molecule has 0 saturated carbocycles. The summed E-state index contributed by atoms with van der Waals surface area (Å²) >= 11 is 0. The van der Waals surface area contributed by atoms with Gasteiger partial charge in [0.1, 0.15) is 0 Å². The van der Waals surface area contributed by atoms with E-state index < -0.39 is 5.41 Å². The van der Waals surface area contributed by atoms with Gasteiger partial charge < -0.3 is 4.90 Å². The molecule has 0 atom stereocenters. The van der Waals surface area contributed by atoms with Crippen molar-refractivity contribution in [3.05, 3.63) is 235 Å². The molecule has 2 aliphatic rings. The van der Waals surface area contributed by atoms with E-state index in [1.165, 1.54) is 88.0 Å². The highest BCUT2D eigenvalue weighted by Crippen LogP contribution is 2.63. The number of nitrogens with zero attached hydrogens (tertiary/aromatic N) is 1. The molecule has 1 spiro atoms. The molecular formula is C55H35N. The molecule has 10 aromatic rings. The van der Waals surface area contributed by atoms with Crippen LogP contribution in [0.4, 0.5) is 17.1 Å². The highest BCUT2D eigenvalue weighted by Gasteiger charge is 2.51. The molecule has 2 aliphatic carbocycles. The summed E-state index contributed by atoms with van der Waals surface area (Å²) in [7, 11) is 0. The maximum atomic E-state index is 2.49. The average Bonchev–Trinajstić information content (AvgIpc) is 3.74. The first-order chi connectivity index (χ1) is 27.8. The fourth-order valence-corrected chi connectivity index (χ4v) is 10.2. The predicted octanol–water partition coefficient (Wildman–Crippen LogP) is 14.6. The third kappa shape index (κ3) is 4.26. The van der Waals surface area contributed by atoms with Crippen molar-refractivity contribution in [3.8, 4) is 33.4 Å². The predicted molar refractivity (Wildman–Crippen MR) is 235 cm³/mol. The van der Waals surface area contributed by atoms with E-state index in [4.69, 9.17) is 0 Å². The van der Waals surface area contributed by atoms with E-state index in [0.717, 1.165) is 17.1 Å². The normalized spacial score (nSPS) is 13.1. The van der Waals surface area contributed by atoms with E-state index in [0.29, 0.717) is 0 Å². The maximum Gasteiger partial charge on any atom is 0.0726 e. The van der Waals surface area contributed by atoms with Crippen molar-refractivity contribution in [2.75, 3.05) is 4.90 Å². The molecule has 0 aliphatic heterocycles. The Labute approximate surface area is 326 Å². The molecule has 10 aromatic carbocycles. The molecular weight excluding hydrogens is 675 g/mol. The zero-order valence-electron chi connectivity index (χ0n) is 30.7. The van der Waals surface area contributed by atoms with Crippen molar-refractivity contribution in [2.24, 2.45) is 0 Å². The van der Waals surface area contributed by atoms with Crippen molar-refractivity contribution in [3.63, 3.8) is 0 Å². The molecule has 0 unspecified atom stereocenters. The van der Waals surface area contributed by atoms with E-state index in [2.05, 4.69) is 217 Å². The van der Waals surface area contributed by atoms with Crippen LogP contribution in [0, 0.1) is 0 Å². The van der Waals surface area contributed by atoms with Gasteiger partial charge in [-0.25, -0.2) is 0 Å². The summed E-state index contributed by atoms with van der Waals surface area (Å²) in [6.45, 7) is 0. The zero-order chi connectivity index (χ0) is 36.8. The van der Waals surface area contributed by atoms with Gasteiger partial charge in [-0.05, 0) is 124 Å². The standard InChI is InChI=1S/C55H35N/c1-2-15-36(16-3-1)37-17-14-18-38(33-37)56(39-29-31-45-43-21-5-4-19-41(43)42-20-6-7-22-44(42)50(45)34-39)40-30-32-49-48-25-10-13-28-53(48)55(54(49)35-40)51-26-11-8-23-46(51)47-24-9-12-27-52(47)55/h1-35H. The Bertz CT molecular complexity index is 3110. The highest BCUT2D eigenvalue weighted by molar-refractivity contribution is 6.25. The van der Waals surface area contributed by atoms with Crippen molar-refractivity contribution >= 4 is 49.4 Å². The van der Waals surface area contributed by atoms with Crippen molar-refractivity contribution < 1.29 is 0 Å². The molecule has 260 valence electrons. The van der Waals surface area contributed by atoms with Gasteiger partial charge in [-0.1, -0.05) is 176 Å². The minimum Gasteiger partial charge on any atom is -0.310 e. The molecule has 1 heteroatoms. The van der Waals surface area contributed by atoms with Crippen LogP contribution in [-0.4, -0.2) is 0 Å². The number of hydrogen-bond acceptors (Lipinski definition) is 1.